The number of nitrogens with one attached hydrogen (secondary N) is 1. The van der Waals surface area contributed by atoms with Crippen LogP contribution in [0, 0.1) is 0 Å². The second-order valence-corrected chi connectivity index (χ2v) is 7.33. The van der Waals surface area contributed by atoms with E-state index in [4.69, 9.17) is 0 Å². The number of carbonyl (C=O) groups is 2. The number of amides is 2. The van der Waals surface area contributed by atoms with Crippen molar-refractivity contribution in [1.82, 2.24) is 4.90 Å². The molecule has 2 aliphatic heterocycles. The van der Waals surface area contributed by atoms with Crippen molar-refractivity contribution in [3.05, 3.63) is 29.8 Å². The zero-order valence-corrected chi connectivity index (χ0v) is 13.1. The Kier molecular flexibility index (Phi) is 3.82. The van der Waals surface area contributed by atoms with Gasteiger partial charge in [-0.05, 0) is 37.6 Å². The van der Waals surface area contributed by atoms with Gasteiger partial charge in [0.1, 0.15) is 6.04 Å². The Labute approximate surface area is 135 Å². The number of halogens is 3. The van der Waals surface area contributed by atoms with E-state index in [0.717, 1.165) is 12.1 Å². The molecule has 0 unspecified atom stereocenters. The average Bonchev–Trinajstić information content (AvgIpc) is 2.96. The zero-order chi connectivity index (χ0) is 16.8. The number of hydrogen-bond donors (Lipinski definition) is 1. The predicted molar refractivity (Wildman–Crippen MR) is 80.8 cm³/mol. The van der Waals surface area contributed by atoms with Gasteiger partial charge < -0.3 is 10.2 Å². The molecule has 2 fully saturated rings. The number of fused-ring (bicyclic) bond motifs is 1. The van der Waals surface area contributed by atoms with Gasteiger partial charge in [-0.15, -0.1) is 11.8 Å². The van der Waals surface area contributed by atoms with Gasteiger partial charge in [0.25, 0.3) is 0 Å². The minimum absolute atomic E-state index is 0.0509. The van der Waals surface area contributed by atoms with Crippen LogP contribution in [-0.4, -0.2) is 33.4 Å². The summed E-state index contributed by atoms with van der Waals surface area (Å²) in [6, 6.07) is 3.69. The van der Waals surface area contributed by atoms with Crippen molar-refractivity contribution in [2.75, 3.05) is 11.1 Å². The summed E-state index contributed by atoms with van der Waals surface area (Å²) in [5.41, 5.74) is -0.484. The first kappa shape index (κ1) is 16.2. The minimum Gasteiger partial charge on any atom is -0.324 e. The van der Waals surface area contributed by atoms with Crippen LogP contribution < -0.4 is 5.32 Å². The van der Waals surface area contributed by atoms with E-state index >= 15 is 0 Å². The van der Waals surface area contributed by atoms with Crippen LogP contribution in [0.5, 0.6) is 0 Å². The molecule has 0 radical (unpaired) electrons. The van der Waals surface area contributed by atoms with E-state index < -0.39 is 17.8 Å². The lowest BCUT2D eigenvalue weighted by molar-refractivity contribution is -0.137. The van der Waals surface area contributed by atoms with Gasteiger partial charge in [0.05, 0.1) is 10.4 Å². The third-order valence-corrected chi connectivity index (χ3v) is 5.73. The highest BCUT2D eigenvalue weighted by Crippen LogP contribution is 2.47. The summed E-state index contributed by atoms with van der Waals surface area (Å²) in [4.78, 5) is 25.6. The molecule has 4 nitrogen and oxygen atoms in total. The molecule has 0 saturated carbocycles. The van der Waals surface area contributed by atoms with Crippen molar-refractivity contribution in [3.8, 4) is 0 Å². The van der Waals surface area contributed by atoms with Crippen molar-refractivity contribution in [2.24, 2.45) is 0 Å². The van der Waals surface area contributed by atoms with Crippen LogP contribution in [-0.2, 0) is 15.8 Å². The number of hydrogen-bond acceptors (Lipinski definition) is 3. The van der Waals surface area contributed by atoms with Crippen LogP contribution in [0.1, 0.15) is 25.3 Å². The van der Waals surface area contributed by atoms with Crippen LogP contribution in [0.25, 0.3) is 0 Å². The van der Waals surface area contributed by atoms with E-state index in [2.05, 4.69) is 5.32 Å². The number of thioether (sulfide) groups is 1. The van der Waals surface area contributed by atoms with Gasteiger partial charge in [-0.1, -0.05) is 0 Å². The van der Waals surface area contributed by atoms with Gasteiger partial charge >= 0.3 is 6.18 Å². The Morgan fingerprint density at radius 2 is 2.00 bits per heavy atom. The van der Waals surface area contributed by atoms with Crippen LogP contribution in [0.4, 0.5) is 18.9 Å². The Hall–Kier alpha value is -1.70. The Morgan fingerprint density at radius 3 is 2.61 bits per heavy atom. The lowest BCUT2D eigenvalue weighted by Crippen LogP contribution is -2.48. The number of anilines is 1. The van der Waals surface area contributed by atoms with E-state index in [0.29, 0.717) is 18.6 Å². The first-order valence-electron chi connectivity index (χ1n) is 7.15. The number of nitrogens with zero attached hydrogens (tertiary/aromatic N) is 1. The highest BCUT2D eigenvalue weighted by Gasteiger charge is 2.52. The molecule has 2 saturated heterocycles. The van der Waals surface area contributed by atoms with Gasteiger partial charge in [0, 0.05) is 17.9 Å². The topological polar surface area (TPSA) is 49.4 Å². The van der Waals surface area contributed by atoms with Gasteiger partial charge in [0.15, 0.2) is 0 Å². The van der Waals surface area contributed by atoms with E-state index in [-0.39, 0.29) is 22.4 Å². The maximum atomic E-state index is 12.5. The van der Waals surface area contributed by atoms with Gasteiger partial charge in [-0.25, -0.2) is 0 Å². The standard InChI is InChI=1S/C15H15F3N2O2S/c1-14-7-6-12(21)20(14)11(8-23-14)13(22)19-10-4-2-9(3-5-10)15(16,17)18/h2-5,11H,6-8H2,1H3,(H,19,22)/t11-,14+/m1/s1. The molecule has 8 heteroatoms. The van der Waals surface area contributed by atoms with E-state index in [1.807, 2.05) is 6.92 Å². The number of benzene rings is 1. The van der Waals surface area contributed by atoms with Crippen molar-refractivity contribution >= 4 is 29.3 Å². The molecule has 0 aromatic heterocycles. The van der Waals surface area contributed by atoms with E-state index in [9.17, 15) is 22.8 Å². The fraction of sp³-hybridized carbons (Fsp3) is 0.467. The smallest absolute Gasteiger partial charge is 0.324 e. The fourth-order valence-electron chi connectivity index (χ4n) is 2.98. The Balaban J connectivity index is 1.71. The molecule has 1 N–H and O–H groups in total. The number of alkyl halides is 3. The number of rotatable bonds is 2. The Morgan fingerprint density at radius 1 is 1.35 bits per heavy atom. The molecule has 2 amide bonds. The second kappa shape index (κ2) is 5.43. The van der Waals surface area contributed by atoms with Crippen LogP contribution >= 0.6 is 11.8 Å². The van der Waals surface area contributed by atoms with Gasteiger partial charge in [0.2, 0.25) is 11.8 Å². The molecule has 0 aliphatic carbocycles. The summed E-state index contributed by atoms with van der Waals surface area (Å²) < 4.78 is 37.6. The molecular weight excluding hydrogens is 329 g/mol. The maximum Gasteiger partial charge on any atom is 0.416 e. The SMILES string of the molecule is C[C@]12CCC(=O)N1[C@@H](C(=O)Nc1ccc(C(F)(F)F)cc1)CS2. The lowest BCUT2D eigenvalue weighted by atomic mass is 10.2. The first-order valence-corrected chi connectivity index (χ1v) is 8.13. The molecule has 124 valence electrons. The third-order valence-electron chi connectivity index (χ3n) is 4.23. The monoisotopic (exact) mass is 344 g/mol. The van der Waals surface area contributed by atoms with Crippen molar-refractivity contribution in [3.63, 3.8) is 0 Å². The molecule has 2 atom stereocenters. The summed E-state index contributed by atoms with van der Waals surface area (Å²) in [5.74, 6) is 0.0793. The normalized spacial score (nSPS) is 27.2. The lowest BCUT2D eigenvalue weighted by Gasteiger charge is -2.29. The summed E-state index contributed by atoms with van der Waals surface area (Å²) in [6.07, 6.45) is -3.28. The molecule has 3 rings (SSSR count). The first-order chi connectivity index (χ1) is 10.7. The fourth-order valence-corrected chi connectivity index (χ4v) is 4.41. The van der Waals surface area contributed by atoms with E-state index in [1.54, 1.807) is 16.7 Å². The summed E-state index contributed by atoms with van der Waals surface area (Å²) in [7, 11) is 0. The number of carbonyl (C=O) groups excluding carboxylic acids is 2. The summed E-state index contributed by atoms with van der Waals surface area (Å²) >= 11 is 1.57. The van der Waals surface area contributed by atoms with E-state index in [1.165, 1.54) is 12.1 Å². The van der Waals surface area contributed by atoms with Crippen molar-refractivity contribution in [2.45, 2.75) is 36.9 Å². The van der Waals surface area contributed by atoms with Crippen LogP contribution in [0.3, 0.4) is 0 Å². The molecular formula is C15H15F3N2O2S. The zero-order valence-electron chi connectivity index (χ0n) is 12.3. The molecule has 1 aromatic rings. The van der Waals surface area contributed by atoms with Crippen LogP contribution in [0.2, 0.25) is 0 Å². The average molecular weight is 344 g/mol. The van der Waals surface area contributed by atoms with Crippen molar-refractivity contribution < 1.29 is 22.8 Å². The third kappa shape index (κ3) is 2.91. The predicted octanol–water partition coefficient (Wildman–Crippen LogP) is 3.10. The van der Waals surface area contributed by atoms with Gasteiger partial charge in [-0.3, -0.25) is 9.59 Å². The summed E-state index contributed by atoms with van der Waals surface area (Å²) in [6.45, 7) is 1.94. The van der Waals surface area contributed by atoms with Gasteiger partial charge in [-0.2, -0.15) is 13.2 Å². The highest BCUT2D eigenvalue weighted by atomic mass is 32.2. The largest absolute Gasteiger partial charge is 0.416 e. The maximum absolute atomic E-state index is 12.5. The highest BCUT2D eigenvalue weighted by molar-refractivity contribution is 8.01. The molecule has 23 heavy (non-hydrogen) atoms. The van der Waals surface area contributed by atoms with Crippen molar-refractivity contribution in [1.29, 1.82) is 0 Å². The van der Waals surface area contributed by atoms with Crippen LogP contribution in [0.15, 0.2) is 24.3 Å². The molecule has 0 bridgehead atoms. The molecule has 1 aromatic carbocycles. The quantitative estimate of drug-likeness (QED) is 0.897. The molecule has 0 spiro atoms. The Bertz CT molecular complexity index is 647. The molecule has 2 aliphatic rings. The molecule has 2 heterocycles. The minimum atomic E-state index is -4.41. The summed E-state index contributed by atoms with van der Waals surface area (Å²) in [5, 5.41) is 2.60. The second-order valence-electron chi connectivity index (χ2n) is 5.83.